The largest absolute Gasteiger partial charge is 0.477 e. The zero-order valence-electron chi connectivity index (χ0n) is 9.51. The molecule has 5 heteroatoms. The van der Waals surface area contributed by atoms with Crippen LogP contribution < -0.4 is 4.74 Å². The van der Waals surface area contributed by atoms with Crippen molar-refractivity contribution in [2.24, 2.45) is 0 Å². The Bertz CT molecular complexity index is 566. The number of hydrogen-bond acceptors (Lipinski definition) is 4. The van der Waals surface area contributed by atoms with Crippen molar-refractivity contribution in [3.63, 3.8) is 0 Å². The van der Waals surface area contributed by atoms with Gasteiger partial charge in [-0.25, -0.2) is 4.98 Å². The van der Waals surface area contributed by atoms with E-state index in [0.29, 0.717) is 24.5 Å². The van der Waals surface area contributed by atoms with E-state index >= 15 is 0 Å². The molecule has 2 rings (SSSR count). The van der Waals surface area contributed by atoms with E-state index in [-0.39, 0.29) is 5.15 Å². The van der Waals surface area contributed by atoms with Crippen molar-refractivity contribution in [2.45, 2.75) is 6.42 Å². The van der Waals surface area contributed by atoms with E-state index in [2.05, 4.69) is 9.97 Å². The third-order valence-corrected chi connectivity index (χ3v) is 2.43. The quantitative estimate of drug-likeness (QED) is 0.792. The van der Waals surface area contributed by atoms with Crippen LogP contribution in [0, 0.1) is 11.3 Å². The molecule has 0 aromatic carbocycles. The Morgan fingerprint density at radius 2 is 2.22 bits per heavy atom. The topological polar surface area (TPSA) is 58.8 Å². The van der Waals surface area contributed by atoms with Gasteiger partial charge in [0.2, 0.25) is 5.88 Å². The molecule has 0 N–H and O–H groups in total. The normalized spacial score (nSPS) is 9.78. The van der Waals surface area contributed by atoms with Crippen LogP contribution in [-0.4, -0.2) is 16.6 Å². The average molecular weight is 260 g/mol. The molecule has 2 heterocycles. The van der Waals surface area contributed by atoms with Gasteiger partial charge in [-0.05, 0) is 18.2 Å². The molecular formula is C13H10ClN3O. The molecule has 0 bridgehead atoms. The molecule has 0 unspecified atom stereocenters. The molecule has 0 saturated heterocycles. The van der Waals surface area contributed by atoms with E-state index in [0.717, 1.165) is 5.69 Å². The number of aromatic nitrogens is 2. The summed E-state index contributed by atoms with van der Waals surface area (Å²) in [6.07, 6.45) is 2.41. The molecule has 0 amide bonds. The maximum absolute atomic E-state index is 8.79. The van der Waals surface area contributed by atoms with E-state index in [9.17, 15) is 0 Å². The first-order valence-electron chi connectivity index (χ1n) is 5.38. The Morgan fingerprint density at radius 3 is 2.94 bits per heavy atom. The van der Waals surface area contributed by atoms with E-state index in [1.165, 1.54) is 6.07 Å². The van der Waals surface area contributed by atoms with Crippen molar-refractivity contribution in [3.05, 3.63) is 52.9 Å². The van der Waals surface area contributed by atoms with Gasteiger partial charge in [0.05, 0.1) is 18.2 Å². The molecule has 4 nitrogen and oxygen atoms in total. The van der Waals surface area contributed by atoms with Gasteiger partial charge in [0.1, 0.15) is 5.15 Å². The van der Waals surface area contributed by atoms with Gasteiger partial charge in [-0.15, -0.1) is 0 Å². The molecule has 0 saturated carbocycles. The van der Waals surface area contributed by atoms with E-state index in [1.807, 2.05) is 24.3 Å². The minimum Gasteiger partial charge on any atom is -0.477 e. The number of nitrogens with zero attached hydrogens (tertiary/aromatic N) is 3. The standard InChI is InChI=1S/C13H10ClN3O/c14-12-7-10(9-15)8-13(17-12)18-6-4-11-3-1-2-5-16-11/h1-3,5,7-8H,4,6H2. The number of rotatable bonds is 4. The molecule has 2 aromatic rings. The third-order valence-electron chi connectivity index (χ3n) is 2.23. The van der Waals surface area contributed by atoms with E-state index in [4.69, 9.17) is 21.6 Å². The summed E-state index contributed by atoms with van der Waals surface area (Å²) in [6.45, 7) is 0.440. The predicted molar refractivity (Wildman–Crippen MR) is 67.4 cm³/mol. The minimum absolute atomic E-state index is 0.252. The summed E-state index contributed by atoms with van der Waals surface area (Å²) in [5.41, 5.74) is 1.38. The van der Waals surface area contributed by atoms with Crippen molar-refractivity contribution in [1.82, 2.24) is 9.97 Å². The van der Waals surface area contributed by atoms with Crippen molar-refractivity contribution < 1.29 is 4.74 Å². The summed E-state index contributed by atoms with van der Waals surface area (Å²) < 4.78 is 5.45. The lowest BCUT2D eigenvalue weighted by atomic mass is 10.3. The smallest absolute Gasteiger partial charge is 0.215 e. The molecule has 90 valence electrons. The van der Waals surface area contributed by atoms with Crippen molar-refractivity contribution in [3.8, 4) is 11.9 Å². The minimum atomic E-state index is 0.252. The van der Waals surface area contributed by atoms with Crippen LogP contribution >= 0.6 is 11.6 Å². The summed E-state index contributed by atoms with van der Waals surface area (Å²) in [4.78, 5) is 8.17. The third kappa shape index (κ3) is 3.44. The van der Waals surface area contributed by atoms with Crippen LogP contribution in [0.2, 0.25) is 5.15 Å². The lowest BCUT2D eigenvalue weighted by molar-refractivity contribution is 0.308. The number of nitriles is 1. The Morgan fingerprint density at radius 1 is 1.33 bits per heavy atom. The highest BCUT2D eigenvalue weighted by atomic mass is 35.5. The fourth-order valence-electron chi connectivity index (χ4n) is 1.42. The summed E-state index contributed by atoms with van der Waals surface area (Å²) in [5.74, 6) is 0.356. The van der Waals surface area contributed by atoms with Gasteiger partial charge >= 0.3 is 0 Å². The van der Waals surface area contributed by atoms with Crippen LogP contribution in [0.3, 0.4) is 0 Å². The first-order valence-corrected chi connectivity index (χ1v) is 5.76. The summed E-state index contributed by atoms with van der Waals surface area (Å²) >= 11 is 5.77. The monoisotopic (exact) mass is 259 g/mol. The highest BCUT2D eigenvalue weighted by molar-refractivity contribution is 6.29. The number of pyridine rings is 2. The summed E-state index contributed by atoms with van der Waals surface area (Å²) in [6, 6.07) is 10.8. The molecule has 0 aliphatic heterocycles. The van der Waals surface area contributed by atoms with Gasteiger partial charge in [-0.2, -0.15) is 5.26 Å². The first-order chi connectivity index (χ1) is 8.78. The zero-order valence-corrected chi connectivity index (χ0v) is 10.3. The predicted octanol–water partition coefficient (Wildman–Crippen LogP) is 2.62. The van der Waals surface area contributed by atoms with Crippen LogP contribution in [0.25, 0.3) is 0 Å². The van der Waals surface area contributed by atoms with Gasteiger partial charge in [0.25, 0.3) is 0 Å². The molecule has 0 fully saturated rings. The first kappa shape index (κ1) is 12.3. The van der Waals surface area contributed by atoms with Crippen molar-refractivity contribution >= 4 is 11.6 Å². The van der Waals surface area contributed by atoms with Crippen LogP contribution in [0.1, 0.15) is 11.3 Å². The molecule has 0 radical (unpaired) electrons. The fraction of sp³-hybridized carbons (Fsp3) is 0.154. The summed E-state index contributed by atoms with van der Waals surface area (Å²) in [5, 5.41) is 9.04. The Kier molecular flexibility index (Phi) is 4.11. The lowest BCUT2D eigenvalue weighted by Crippen LogP contribution is -2.04. The van der Waals surface area contributed by atoms with Gasteiger partial charge in [-0.3, -0.25) is 4.98 Å². The fourth-order valence-corrected chi connectivity index (χ4v) is 1.62. The summed E-state index contributed by atoms with van der Waals surface area (Å²) in [7, 11) is 0. The average Bonchev–Trinajstić information content (AvgIpc) is 2.39. The number of hydrogen-bond donors (Lipinski definition) is 0. The van der Waals surface area contributed by atoms with E-state index < -0.39 is 0 Å². The maximum atomic E-state index is 8.79. The SMILES string of the molecule is N#Cc1cc(Cl)nc(OCCc2ccccn2)c1. The van der Waals surface area contributed by atoms with Crippen LogP contribution in [0.4, 0.5) is 0 Å². The highest BCUT2D eigenvalue weighted by Gasteiger charge is 2.02. The van der Waals surface area contributed by atoms with Crippen molar-refractivity contribution in [2.75, 3.05) is 6.61 Å². The van der Waals surface area contributed by atoms with E-state index in [1.54, 1.807) is 12.3 Å². The molecule has 0 aliphatic rings. The second kappa shape index (κ2) is 5.99. The molecule has 0 aliphatic carbocycles. The molecule has 0 spiro atoms. The van der Waals surface area contributed by atoms with Crippen LogP contribution in [-0.2, 0) is 6.42 Å². The van der Waals surface area contributed by atoms with Gasteiger partial charge in [-0.1, -0.05) is 17.7 Å². The maximum Gasteiger partial charge on any atom is 0.215 e. The molecular weight excluding hydrogens is 250 g/mol. The molecule has 0 atom stereocenters. The molecule has 18 heavy (non-hydrogen) atoms. The lowest BCUT2D eigenvalue weighted by Gasteiger charge is -2.05. The second-order valence-corrected chi connectivity index (χ2v) is 3.94. The van der Waals surface area contributed by atoms with Crippen molar-refractivity contribution in [1.29, 1.82) is 5.26 Å². The Hall–Kier alpha value is -2.12. The van der Waals surface area contributed by atoms with Crippen LogP contribution in [0.15, 0.2) is 36.5 Å². The zero-order chi connectivity index (χ0) is 12.8. The van der Waals surface area contributed by atoms with Crippen LogP contribution in [0.5, 0.6) is 5.88 Å². The second-order valence-electron chi connectivity index (χ2n) is 3.55. The van der Waals surface area contributed by atoms with Gasteiger partial charge in [0.15, 0.2) is 0 Å². The Labute approximate surface area is 110 Å². The number of halogens is 1. The highest BCUT2D eigenvalue weighted by Crippen LogP contribution is 2.15. The Balaban J connectivity index is 1.95. The van der Waals surface area contributed by atoms with Gasteiger partial charge in [0, 0.05) is 24.4 Å². The van der Waals surface area contributed by atoms with Gasteiger partial charge < -0.3 is 4.74 Å². The number of ether oxygens (including phenoxy) is 1. The molecule has 2 aromatic heterocycles.